The molecule has 0 N–H and O–H groups in total. The van der Waals surface area contributed by atoms with Gasteiger partial charge in [-0.05, 0) is 18.9 Å². The van der Waals surface area contributed by atoms with Crippen molar-refractivity contribution < 1.29 is 4.74 Å². The van der Waals surface area contributed by atoms with Crippen LogP contribution in [0.25, 0.3) is 0 Å². The molecule has 2 heterocycles. The summed E-state index contributed by atoms with van der Waals surface area (Å²) >= 11 is 0. The van der Waals surface area contributed by atoms with Gasteiger partial charge in [-0.3, -0.25) is 0 Å². The smallest absolute Gasteiger partial charge is 0.0866 e. The second-order valence-electron chi connectivity index (χ2n) is 2.90. The second-order valence-corrected chi connectivity index (χ2v) is 2.90. The number of rotatable bonds is 1. The first-order valence-electron chi connectivity index (χ1n) is 3.98. The Morgan fingerprint density at radius 3 is 2.70 bits per heavy atom. The molecule has 2 nitrogen and oxygen atoms in total. The van der Waals surface area contributed by atoms with Crippen LogP contribution >= 0.6 is 0 Å². The number of hydrogen-bond donors (Lipinski definition) is 0. The van der Waals surface area contributed by atoms with Crippen molar-refractivity contribution in [3.63, 3.8) is 0 Å². The molecule has 0 aromatic carbocycles. The monoisotopic (exact) mass is 139 g/mol. The summed E-state index contributed by atoms with van der Waals surface area (Å²) in [5.74, 6) is 0. The molecular formula is C8H13NO. The number of likely N-dealkylation sites (tertiary alicyclic amines) is 1. The third-order valence-electron chi connectivity index (χ3n) is 2.20. The van der Waals surface area contributed by atoms with E-state index in [2.05, 4.69) is 11.0 Å². The Balaban J connectivity index is 1.97. The van der Waals surface area contributed by atoms with E-state index in [9.17, 15) is 0 Å². The maximum absolute atomic E-state index is 5.24. The summed E-state index contributed by atoms with van der Waals surface area (Å²) in [5, 5.41) is 0. The normalized spacial score (nSPS) is 25.6. The molecule has 0 amide bonds. The number of nitrogens with zero attached hydrogens (tertiary/aromatic N) is 1. The number of hydrogen-bond acceptors (Lipinski definition) is 2. The van der Waals surface area contributed by atoms with Gasteiger partial charge in [0.1, 0.15) is 0 Å². The fourth-order valence-corrected chi connectivity index (χ4v) is 1.60. The highest BCUT2D eigenvalue weighted by molar-refractivity contribution is 5.07. The van der Waals surface area contributed by atoms with Gasteiger partial charge >= 0.3 is 0 Å². The molecule has 0 spiro atoms. The minimum atomic E-state index is 0.825. The topological polar surface area (TPSA) is 12.5 Å². The third-order valence-corrected chi connectivity index (χ3v) is 2.20. The lowest BCUT2D eigenvalue weighted by molar-refractivity contribution is 0.192. The lowest BCUT2D eigenvalue weighted by atomic mass is 10.4. The number of ether oxygens (including phenoxy) is 1. The van der Waals surface area contributed by atoms with Crippen molar-refractivity contribution in [1.82, 2.24) is 4.90 Å². The molecule has 2 heteroatoms. The van der Waals surface area contributed by atoms with Gasteiger partial charge in [-0.25, -0.2) is 0 Å². The van der Waals surface area contributed by atoms with Crippen LogP contribution in [0.1, 0.15) is 12.8 Å². The summed E-state index contributed by atoms with van der Waals surface area (Å²) in [6.45, 7) is 4.16. The van der Waals surface area contributed by atoms with Crippen LogP contribution in [0.15, 0.2) is 11.8 Å². The van der Waals surface area contributed by atoms with Gasteiger partial charge in [-0.2, -0.15) is 0 Å². The van der Waals surface area contributed by atoms with Gasteiger partial charge in [-0.1, -0.05) is 0 Å². The molecule has 0 saturated carbocycles. The highest BCUT2D eigenvalue weighted by atomic mass is 16.5. The van der Waals surface area contributed by atoms with Gasteiger partial charge in [-0.15, -0.1) is 0 Å². The Labute approximate surface area is 61.5 Å². The Morgan fingerprint density at radius 1 is 1.30 bits per heavy atom. The van der Waals surface area contributed by atoms with Crippen LogP contribution < -0.4 is 0 Å². The van der Waals surface area contributed by atoms with E-state index in [-0.39, 0.29) is 0 Å². The lowest BCUT2D eigenvalue weighted by Crippen LogP contribution is -2.19. The predicted molar refractivity (Wildman–Crippen MR) is 39.7 cm³/mol. The van der Waals surface area contributed by atoms with E-state index in [1.807, 2.05) is 0 Å². The third kappa shape index (κ3) is 1.03. The van der Waals surface area contributed by atoms with Gasteiger partial charge in [0.2, 0.25) is 0 Å². The van der Waals surface area contributed by atoms with Crippen molar-refractivity contribution >= 4 is 0 Å². The summed E-state index contributed by atoms with van der Waals surface area (Å²) < 4.78 is 5.24. The maximum atomic E-state index is 5.24. The van der Waals surface area contributed by atoms with E-state index in [0.717, 1.165) is 13.2 Å². The summed E-state index contributed by atoms with van der Waals surface area (Å²) in [4.78, 5) is 2.44. The SMILES string of the molecule is C1=C(N2CCCC2)COC1. The molecule has 10 heavy (non-hydrogen) atoms. The average Bonchev–Trinajstić information content (AvgIpc) is 2.59. The maximum Gasteiger partial charge on any atom is 0.0866 e. The van der Waals surface area contributed by atoms with Crippen molar-refractivity contribution in [3.05, 3.63) is 11.8 Å². The van der Waals surface area contributed by atoms with Crippen LogP contribution in [0.5, 0.6) is 0 Å². The Hall–Kier alpha value is -0.500. The van der Waals surface area contributed by atoms with Gasteiger partial charge in [0, 0.05) is 18.8 Å². The second kappa shape index (κ2) is 2.62. The molecule has 0 unspecified atom stereocenters. The van der Waals surface area contributed by atoms with E-state index in [4.69, 9.17) is 4.74 Å². The zero-order valence-corrected chi connectivity index (χ0v) is 6.18. The molecule has 0 radical (unpaired) electrons. The van der Waals surface area contributed by atoms with Crippen LogP contribution in [0.2, 0.25) is 0 Å². The zero-order chi connectivity index (χ0) is 6.81. The summed E-state index contributed by atoms with van der Waals surface area (Å²) in [6, 6.07) is 0. The molecule has 1 saturated heterocycles. The van der Waals surface area contributed by atoms with Gasteiger partial charge < -0.3 is 9.64 Å². The van der Waals surface area contributed by atoms with Crippen LogP contribution in [-0.2, 0) is 4.74 Å². The van der Waals surface area contributed by atoms with Crippen LogP contribution in [0, 0.1) is 0 Å². The molecule has 2 aliphatic rings. The molecule has 0 aromatic rings. The van der Waals surface area contributed by atoms with E-state index in [1.165, 1.54) is 31.6 Å². The molecular weight excluding hydrogens is 126 g/mol. The van der Waals surface area contributed by atoms with E-state index in [0.29, 0.717) is 0 Å². The van der Waals surface area contributed by atoms with Crippen molar-refractivity contribution in [2.45, 2.75) is 12.8 Å². The summed E-state index contributed by atoms with van der Waals surface area (Å²) in [5.41, 5.74) is 1.41. The molecule has 2 rings (SSSR count). The first-order chi connectivity index (χ1) is 4.97. The Morgan fingerprint density at radius 2 is 2.10 bits per heavy atom. The summed E-state index contributed by atoms with van der Waals surface area (Å²) in [7, 11) is 0. The molecule has 0 atom stereocenters. The van der Waals surface area contributed by atoms with E-state index in [1.54, 1.807) is 0 Å². The minimum Gasteiger partial charge on any atom is -0.373 e. The van der Waals surface area contributed by atoms with Gasteiger partial charge in [0.15, 0.2) is 0 Å². The van der Waals surface area contributed by atoms with Gasteiger partial charge in [0.05, 0.1) is 13.2 Å². The minimum absolute atomic E-state index is 0.825. The molecule has 1 fully saturated rings. The largest absolute Gasteiger partial charge is 0.373 e. The molecule has 0 aliphatic carbocycles. The standard InChI is InChI=1S/C8H13NO/c1-2-5-9(4-1)8-3-6-10-7-8/h3H,1-2,4-7H2. The zero-order valence-electron chi connectivity index (χ0n) is 6.18. The molecule has 0 aromatic heterocycles. The van der Waals surface area contributed by atoms with Crippen molar-refractivity contribution in [2.24, 2.45) is 0 Å². The highest BCUT2D eigenvalue weighted by Gasteiger charge is 2.16. The van der Waals surface area contributed by atoms with Crippen molar-refractivity contribution in [3.8, 4) is 0 Å². The summed E-state index contributed by atoms with van der Waals surface area (Å²) in [6.07, 6.45) is 4.92. The molecule has 0 bridgehead atoms. The fraction of sp³-hybridized carbons (Fsp3) is 0.750. The molecule has 56 valence electrons. The van der Waals surface area contributed by atoms with Crippen LogP contribution in [0.3, 0.4) is 0 Å². The predicted octanol–water partition coefficient (Wildman–Crippen LogP) is 0.996. The van der Waals surface area contributed by atoms with E-state index < -0.39 is 0 Å². The highest BCUT2D eigenvalue weighted by Crippen LogP contribution is 2.17. The van der Waals surface area contributed by atoms with Crippen LogP contribution in [-0.4, -0.2) is 31.2 Å². The van der Waals surface area contributed by atoms with Crippen LogP contribution in [0.4, 0.5) is 0 Å². The average molecular weight is 139 g/mol. The first-order valence-corrected chi connectivity index (χ1v) is 3.98. The van der Waals surface area contributed by atoms with Crippen molar-refractivity contribution in [2.75, 3.05) is 26.3 Å². The lowest BCUT2D eigenvalue weighted by Gasteiger charge is -2.17. The quantitative estimate of drug-likeness (QED) is 0.537. The first kappa shape index (κ1) is 6.23. The molecule has 2 aliphatic heterocycles. The Bertz CT molecular complexity index is 147. The van der Waals surface area contributed by atoms with Crippen molar-refractivity contribution in [1.29, 1.82) is 0 Å². The Kier molecular flexibility index (Phi) is 1.63. The van der Waals surface area contributed by atoms with E-state index >= 15 is 0 Å². The van der Waals surface area contributed by atoms with Gasteiger partial charge in [0.25, 0.3) is 0 Å². The fourth-order valence-electron chi connectivity index (χ4n) is 1.60.